The minimum absolute atomic E-state index is 0.0451. The van der Waals surface area contributed by atoms with E-state index in [0.29, 0.717) is 23.1 Å². The van der Waals surface area contributed by atoms with Crippen LogP contribution in [0, 0.1) is 10.1 Å². The molecule has 1 aromatic heterocycles. The van der Waals surface area contributed by atoms with E-state index in [9.17, 15) is 10.1 Å². The Hall–Kier alpha value is -1.21. The van der Waals surface area contributed by atoms with Crippen LogP contribution in [0.15, 0.2) is 16.9 Å². The summed E-state index contributed by atoms with van der Waals surface area (Å²) < 4.78 is 0.537. The molecule has 15 heavy (non-hydrogen) atoms. The first-order chi connectivity index (χ1) is 7.16. The molecule has 0 bridgehead atoms. The Kier molecular flexibility index (Phi) is 4.44. The molecule has 0 aliphatic carbocycles. The van der Waals surface area contributed by atoms with Crippen molar-refractivity contribution >= 4 is 27.3 Å². The number of hydrogen-bond donors (Lipinski definition) is 2. The quantitative estimate of drug-likeness (QED) is 0.484. The maximum absolute atomic E-state index is 10.7. The van der Waals surface area contributed by atoms with Crippen LogP contribution in [0.1, 0.15) is 6.42 Å². The first-order valence-corrected chi connectivity index (χ1v) is 5.08. The molecule has 0 fully saturated rings. The van der Waals surface area contributed by atoms with Crippen LogP contribution in [-0.4, -0.2) is 28.2 Å². The van der Waals surface area contributed by atoms with Crippen molar-refractivity contribution in [1.29, 1.82) is 0 Å². The van der Waals surface area contributed by atoms with E-state index >= 15 is 0 Å². The second-order valence-corrected chi connectivity index (χ2v) is 3.63. The van der Waals surface area contributed by atoms with Crippen LogP contribution in [0.25, 0.3) is 0 Å². The van der Waals surface area contributed by atoms with Crippen LogP contribution in [0.4, 0.5) is 11.4 Å². The zero-order chi connectivity index (χ0) is 11.3. The molecular formula is C8H10BrN3O3. The number of nitrogens with one attached hydrogen (secondary N) is 1. The van der Waals surface area contributed by atoms with Crippen molar-refractivity contribution in [3.8, 4) is 0 Å². The molecule has 0 aliphatic rings. The molecular weight excluding hydrogens is 266 g/mol. The fourth-order valence-corrected chi connectivity index (χ4v) is 1.49. The molecule has 0 aromatic carbocycles. The van der Waals surface area contributed by atoms with Gasteiger partial charge in [-0.3, -0.25) is 15.1 Å². The number of anilines is 1. The van der Waals surface area contributed by atoms with Crippen molar-refractivity contribution in [3.05, 3.63) is 27.0 Å². The SMILES string of the molecule is O=[N+]([O-])c1cncc(Br)c1NCCCO. The number of aliphatic hydroxyl groups excluding tert-OH is 1. The molecule has 0 radical (unpaired) electrons. The van der Waals surface area contributed by atoms with E-state index in [1.807, 2.05) is 0 Å². The summed E-state index contributed by atoms with van der Waals surface area (Å²) in [6.45, 7) is 0.517. The second-order valence-electron chi connectivity index (χ2n) is 2.78. The molecule has 1 aromatic rings. The standard InChI is InChI=1S/C8H10BrN3O3/c9-6-4-10-5-7(12(14)15)8(6)11-2-1-3-13/h4-5,13H,1-3H2,(H,10,11). The molecule has 0 amide bonds. The summed E-state index contributed by atoms with van der Waals surface area (Å²) in [5.41, 5.74) is 0.311. The molecule has 1 heterocycles. The Balaban J connectivity index is 2.87. The lowest BCUT2D eigenvalue weighted by Gasteiger charge is -2.07. The number of hydrogen-bond acceptors (Lipinski definition) is 5. The highest BCUT2D eigenvalue weighted by Crippen LogP contribution is 2.30. The van der Waals surface area contributed by atoms with Gasteiger partial charge in [-0.05, 0) is 22.4 Å². The van der Waals surface area contributed by atoms with Gasteiger partial charge in [-0.1, -0.05) is 0 Å². The molecule has 0 saturated carbocycles. The van der Waals surface area contributed by atoms with Crippen molar-refractivity contribution < 1.29 is 10.0 Å². The number of nitrogens with zero attached hydrogens (tertiary/aromatic N) is 2. The fourth-order valence-electron chi connectivity index (χ4n) is 1.03. The molecule has 0 aliphatic heterocycles. The van der Waals surface area contributed by atoms with Gasteiger partial charge < -0.3 is 10.4 Å². The topological polar surface area (TPSA) is 88.3 Å². The van der Waals surface area contributed by atoms with Gasteiger partial charge >= 0.3 is 5.69 Å². The van der Waals surface area contributed by atoms with E-state index in [1.54, 1.807) is 0 Å². The van der Waals surface area contributed by atoms with Crippen molar-refractivity contribution in [2.75, 3.05) is 18.5 Å². The zero-order valence-corrected chi connectivity index (χ0v) is 9.40. The molecule has 7 heteroatoms. The minimum Gasteiger partial charge on any atom is -0.396 e. The average molecular weight is 276 g/mol. The summed E-state index contributed by atoms with van der Waals surface area (Å²) in [4.78, 5) is 13.9. The molecule has 0 saturated heterocycles. The highest BCUT2D eigenvalue weighted by atomic mass is 79.9. The van der Waals surface area contributed by atoms with Crippen LogP contribution >= 0.6 is 15.9 Å². The number of rotatable bonds is 5. The summed E-state index contributed by atoms with van der Waals surface area (Å²) in [5, 5.41) is 22.1. The Morgan fingerprint density at radius 2 is 2.33 bits per heavy atom. The van der Waals surface area contributed by atoms with E-state index in [0.717, 1.165) is 0 Å². The largest absolute Gasteiger partial charge is 0.396 e. The smallest absolute Gasteiger partial charge is 0.311 e. The van der Waals surface area contributed by atoms with Crippen LogP contribution in [-0.2, 0) is 0 Å². The van der Waals surface area contributed by atoms with Gasteiger partial charge in [0.2, 0.25) is 0 Å². The van der Waals surface area contributed by atoms with Crippen molar-refractivity contribution in [1.82, 2.24) is 4.98 Å². The summed E-state index contributed by atoms with van der Waals surface area (Å²) in [6, 6.07) is 0. The summed E-state index contributed by atoms with van der Waals surface area (Å²) in [7, 11) is 0. The predicted molar refractivity (Wildman–Crippen MR) is 58.8 cm³/mol. The highest BCUT2D eigenvalue weighted by molar-refractivity contribution is 9.10. The maximum Gasteiger partial charge on any atom is 0.311 e. The van der Waals surface area contributed by atoms with E-state index in [2.05, 4.69) is 26.2 Å². The molecule has 82 valence electrons. The summed E-state index contributed by atoms with van der Waals surface area (Å²) in [5.74, 6) is 0. The van der Waals surface area contributed by atoms with Crippen LogP contribution in [0.5, 0.6) is 0 Å². The first kappa shape index (κ1) is 11.9. The van der Waals surface area contributed by atoms with E-state index in [1.165, 1.54) is 12.4 Å². The number of aliphatic hydroxyl groups is 1. The average Bonchev–Trinajstić information content (AvgIpc) is 2.20. The Morgan fingerprint density at radius 1 is 1.60 bits per heavy atom. The number of nitro groups is 1. The summed E-state index contributed by atoms with van der Waals surface area (Å²) >= 11 is 3.18. The van der Waals surface area contributed by atoms with Crippen molar-refractivity contribution in [2.24, 2.45) is 0 Å². The molecule has 2 N–H and O–H groups in total. The fraction of sp³-hybridized carbons (Fsp3) is 0.375. The lowest BCUT2D eigenvalue weighted by Crippen LogP contribution is -2.06. The predicted octanol–water partition coefficient (Wildman–Crippen LogP) is 1.55. The first-order valence-electron chi connectivity index (χ1n) is 4.29. The molecule has 0 unspecified atom stereocenters. The van der Waals surface area contributed by atoms with Gasteiger partial charge in [0.1, 0.15) is 11.9 Å². The van der Waals surface area contributed by atoms with Crippen LogP contribution in [0.2, 0.25) is 0 Å². The lowest BCUT2D eigenvalue weighted by molar-refractivity contribution is -0.384. The lowest BCUT2D eigenvalue weighted by atomic mass is 10.3. The number of pyridine rings is 1. The van der Waals surface area contributed by atoms with Crippen molar-refractivity contribution in [3.63, 3.8) is 0 Å². The summed E-state index contributed by atoms with van der Waals surface area (Å²) in [6.07, 6.45) is 3.20. The highest BCUT2D eigenvalue weighted by Gasteiger charge is 2.16. The molecule has 0 spiro atoms. The van der Waals surface area contributed by atoms with Gasteiger partial charge in [-0.25, -0.2) is 0 Å². The third-order valence-corrected chi connectivity index (χ3v) is 2.31. The van der Waals surface area contributed by atoms with Gasteiger partial charge in [0, 0.05) is 19.3 Å². The molecule has 1 rings (SSSR count). The normalized spacial score (nSPS) is 10.0. The zero-order valence-electron chi connectivity index (χ0n) is 7.81. The third-order valence-electron chi connectivity index (χ3n) is 1.71. The van der Waals surface area contributed by atoms with Crippen LogP contribution < -0.4 is 5.32 Å². The number of aromatic nitrogens is 1. The second kappa shape index (κ2) is 5.62. The molecule has 6 nitrogen and oxygen atoms in total. The Labute approximate surface area is 94.6 Å². The third kappa shape index (κ3) is 3.14. The van der Waals surface area contributed by atoms with Crippen molar-refractivity contribution in [2.45, 2.75) is 6.42 Å². The van der Waals surface area contributed by atoms with Crippen LogP contribution in [0.3, 0.4) is 0 Å². The van der Waals surface area contributed by atoms with Gasteiger partial charge in [0.15, 0.2) is 0 Å². The van der Waals surface area contributed by atoms with E-state index < -0.39 is 4.92 Å². The molecule has 0 atom stereocenters. The van der Waals surface area contributed by atoms with Gasteiger partial charge in [0.25, 0.3) is 0 Å². The van der Waals surface area contributed by atoms with Gasteiger partial charge in [0.05, 0.1) is 9.40 Å². The van der Waals surface area contributed by atoms with E-state index in [-0.39, 0.29) is 12.3 Å². The minimum atomic E-state index is -0.501. The monoisotopic (exact) mass is 275 g/mol. The maximum atomic E-state index is 10.7. The Morgan fingerprint density at radius 3 is 2.93 bits per heavy atom. The van der Waals surface area contributed by atoms with Gasteiger partial charge in [-0.2, -0.15) is 0 Å². The Bertz CT molecular complexity index is 359. The van der Waals surface area contributed by atoms with Gasteiger partial charge in [-0.15, -0.1) is 0 Å². The van der Waals surface area contributed by atoms with E-state index in [4.69, 9.17) is 5.11 Å². The number of halogens is 1.